The summed E-state index contributed by atoms with van der Waals surface area (Å²) in [4.78, 5) is 28.0. The molecular formula is C17H23BrClN3O3. The molecule has 1 saturated heterocycles. The van der Waals surface area contributed by atoms with Crippen LogP contribution in [0.1, 0.15) is 27.7 Å². The molecule has 0 bridgehead atoms. The summed E-state index contributed by atoms with van der Waals surface area (Å²) in [5.74, 6) is 0. The number of urea groups is 1. The number of piperazine rings is 1. The number of benzene rings is 1. The second kappa shape index (κ2) is 7.83. The first-order valence-electron chi connectivity index (χ1n) is 8.07. The molecule has 138 valence electrons. The van der Waals surface area contributed by atoms with Gasteiger partial charge in [-0.05, 0) is 45.9 Å². The average Bonchev–Trinajstić information content (AvgIpc) is 2.48. The Kier molecular flexibility index (Phi) is 6.21. The van der Waals surface area contributed by atoms with Crippen LogP contribution in [0.25, 0.3) is 0 Å². The predicted molar refractivity (Wildman–Crippen MR) is 102 cm³/mol. The van der Waals surface area contributed by atoms with Crippen molar-refractivity contribution in [3.63, 3.8) is 0 Å². The Labute approximate surface area is 161 Å². The topological polar surface area (TPSA) is 61.9 Å². The highest BCUT2D eigenvalue weighted by Crippen LogP contribution is 2.26. The Bertz CT molecular complexity index is 663. The maximum absolute atomic E-state index is 12.5. The van der Waals surface area contributed by atoms with Crippen molar-refractivity contribution in [1.29, 1.82) is 0 Å². The SMILES string of the molecule is C[C@@H]1CN(C(=O)OC(C)(C)C)CCN1C(=O)Nc1ccc(Br)cc1Cl. The number of hydrogen-bond donors (Lipinski definition) is 1. The minimum absolute atomic E-state index is 0.129. The van der Waals surface area contributed by atoms with Crippen molar-refractivity contribution in [3.05, 3.63) is 27.7 Å². The number of rotatable bonds is 1. The van der Waals surface area contributed by atoms with Gasteiger partial charge in [0.15, 0.2) is 0 Å². The summed E-state index contributed by atoms with van der Waals surface area (Å²) in [5, 5.41) is 3.28. The molecule has 8 heteroatoms. The van der Waals surface area contributed by atoms with Crippen molar-refractivity contribution >= 4 is 45.3 Å². The van der Waals surface area contributed by atoms with Crippen molar-refractivity contribution in [1.82, 2.24) is 9.80 Å². The van der Waals surface area contributed by atoms with Crippen molar-refractivity contribution in [2.24, 2.45) is 0 Å². The van der Waals surface area contributed by atoms with E-state index < -0.39 is 5.60 Å². The minimum Gasteiger partial charge on any atom is -0.444 e. The maximum Gasteiger partial charge on any atom is 0.410 e. The fourth-order valence-electron chi connectivity index (χ4n) is 2.53. The van der Waals surface area contributed by atoms with Crippen LogP contribution in [0.3, 0.4) is 0 Å². The van der Waals surface area contributed by atoms with Crippen molar-refractivity contribution in [2.45, 2.75) is 39.3 Å². The van der Waals surface area contributed by atoms with Gasteiger partial charge in [-0.15, -0.1) is 0 Å². The van der Waals surface area contributed by atoms with E-state index in [1.165, 1.54) is 0 Å². The molecule has 25 heavy (non-hydrogen) atoms. The number of ether oxygens (including phenoxy) is 1. The number of nitrogens with zero attached hydrogens (tertiary/aromatic N) is 2. The lowest BCUT2D eigenvalue weighted by atomic mass is 10.2. The highest BCUT2D eigenvalue weighted by Gasteiger charge is 2.32. The first-order valence-corrected chi connectivity index (χ1v) is 9.24. The minimum atomic E-state index is -0.535. The molecule has 1 heterocycles. The lowest BCUT2D eigenvalue weighted by molar-refractivity contribution is 0.0112. The van der Waals surface area contributed by atoms with Gasteiger partial charge < -0.3 is 19.9 Å². The summed E-state index contributed by atoms with van der Waals surface area (Å²) in [6, 6.07) is 4.91. The number of amides is 3. The Morgan fingerprint density at radius 2 is 2.00 bits per heavy atom. The van der Waals surface area contributed by atoms with Crippen molar-refractivity contribution in [2.75, 3.05) is 25.0 Å². The smallest absolute Gasteiger partial charge is 0.410 e. The van der Waals surface area contributed by atoms with Gasteiger partial charge in [-0.1, -0.05) is 27.5 Å². The number of nitrogens with one attached hydrogen (secondary N) is 1. The first-order chi connectivity index (χ1) is 11.6. The Balaban J connectivity index is 1.96. The van der Waals surface area contributed by atoms with E-state index in [0.29, 0.717) is 30.3 Å². The van der Waals surface area contributed by atoms with E-state index >= 15 is 0 Å². The summed E-state index contributed by atoms with van der Waals surface area (Å²) in [5.41, 5.74) is 0.0179. The fraction of sp³-hybridized carbons (Fsp3) is 0.529. The third-order valence-corrected chi connectivity index (χ3v) is 4.52. The van der Waals surface area contributed by atoms with Crippen LogP contribution in [0, 0.1) is 0 Å². The lowest BCUT2D eigenvalue weighted by Gasteiger charge is -2.40. The molecule has 0 spiro atoms. The molecule has 0 unspecified atom stereocenters. The normalized spacial score (nSPS) is 18.1. The molecule has 0 aromatic heterocycles. The third kappa shape index (κ3) is 5.51. The van der Waals surface area contributed by atoms with Gasteiger partial charge in [0, 0.05) is 30.1 Å². The maximum atomic E-state index is 12.5. The summed E-state index contributed by atoms with van der Waals surface area (Å²) < 4.78 is 6.23. The molecule has 3 amide bonds. The van der Waals surface area contributed by atoms with E-state index in [4.69, 9.17) is 16.3 Å². The van der Waals surface area contributed by atoms with E-state index in [-0.39, 0.29) is 18.2 Å². The molecule has 1 aliphatic heterocycles. The van der Waals surface area contributed by atoms with Crippen LogP contribution in [0.15, 0.2) is 22.7 Å². The molecule has 1 fully saturated rings. The second-order valence-corrected chi connectivity index (χ2v) is 8.35. The first kappa shape index (κ1) is 19.8. The number of anilines is 1. The number of carbonyl (C=O) groups excluding carboxylic acids is 2. The zero-order chi connectivity index (χ0) is 18.8. The van der Waals surface area contributed by atoms with E-state index in [0.717, 1.165) is 4.47 Å². The number of halogens is 2. The van der Waals surface area contributed by atoms with Gasteiger partial charge in [-0.2, -0.15) is 0 Å². The van der Waals surface area contributed by atoms with Crippen LogP contribution in [0.5, 0.6) is 0 Å². The molecular weight excluding hydrogens is 410 g/mol. The van der Waals surface area contributed by atoms with Crippen LogP contribution in [0.4, 0.5) is 15.3 Å². The van der Waals surface area contributed by atoms with Gasteiger partial charge in [0.05, 0.1) is 10.7 Å². The zero-order valence-electron chi connectivity index (χ0n) is 14.8. The van der Waals surface area contributed by atoms with Gasteiger partial charge >= 0.3 is 12.1 Å². The van der Waals surface area contributed by atoms with Gasteiger partial charge in [-0.25, -0.2) is 9.59 Å². The molecule has 0 aliphatic carbocycles. The van der Waals surface area contributed by atoms with Crippen LogP contribution in [0.2, 0.25) is 5.02 Å². The summed E-state index contributed by atoms with van der Waals surface area (Å²) in [7, 11) is 0. The highest BCUT2D eigenvalue weighted by atomic mass is 79.9. The summed E-state index contributed by atoms with van der Waals surface area (Å²) in [6.07, 6.45) is -0.352. The van der Waals surface area contributed by atoms with E-state index in [2.05, 4.69) is 21.2 Å². The molecule has 2 rings (SSSR count). The van der Waals surface area contributed by atoms with E-state index in [9.17, 15) is 9.59 Å². The summed E-state index contributed by atoms with van der Waals surface area (Å²) >= 11 is 9.48. The van der Waals surface area contributed by atoms with Crippen LogP contribution in [-0.4, -0.2) is 53.2 Å². The van der Waals surface area contributed by atoms with Gasteiger partial charge in [-0.3, -0.25) is 0 Å². The van der Waals surface area contributed by atoms with Crippen LogP contribution in [-0.2, 0) is 4.74 Å². The lowest BCUT2D eigenvalue weighted by Crippen LogP contribution is -2.57. The highest BCUT2D eigenvalue weighted by molar-refractivity contribution is 9.10. The number of carbonyl (C=O) groups is 2. The van der Waals surface area contributed by atoms with Gasteiger partial charge in [0.1, 0.15) is 5.60 Å². The van der Waals surface area contributed by atoms with Crippen molar-refractivity contribution < 1.29 is 14.3 Å². The van der Waals surface area contributed by atoms with Crippen molar-refractivity contribution in [3.8, 4) is 0 Å². The zero-order valence-corrected chi connectivity index (χ0v) is 17.1. The molecule has 1 atom stereocenters. The molecule has 0 saturated carbocycles. The quantitative estimate of drug-likeness (QED) is 0.707. The van der Waals surface area contributed by atoms with Gasteiger partial charge in [0.2, 0.25) is 0 Å². The molecule has 1 aromatic carbocycles. The monoisotopic (exact) mass is 431 g/mol. The molecule has 1 aromatic rings. The largest absolute Gasteiger partial charge is 0.444 e. The predicted octanol–water partition coefficient (Wildman–Crippen LogP) is 4.58. The van der Waals surface area contributed by atoms with E-state index in [1.54, 1.807) is 21.9 Å². The number of hydrogen-bond acceptors (Lipinski definition) is 3. The van der Waals surface area contributed by atoms with E-state index in [1.807, 2.05) is 33.8 Å². The summed E-state index contributed by atoms with van der Waals surface area (Å²) in [6.45, 7) is 8.69. The standard InChI is InChI=1S/C17H23BrClN3O3/c1-11-10-21(16(24)25-17(2,3)4)7-8-22(11)15(23)20-14-6-5-12(18)9-13(14)19/h5-6,9,11H,7-8,10H2,1-4H3,(H,20,23)/t11-/m1/s1. The average molecular weight is 433 g/mol. The third-order valence-electron chi connectivity index (χ3n) is 3.71. The molecule has 1 aliphatic rings. The Morgan fingerprint density at radius 3 is 2.56 bits per heavy atom. The van der Waals surface area contributed by atoms with Crippen LogP contribution < -0.4 is 5.32 Å². The Hall–Kier alpha value is -1.47. The fourth-order valence-corrected chi connectivity index (χ4v) is 3.25. The molecule has 6 nitrogen and oxygen atoms in total. The molecule has 0 radical (unpaired) electrons. The second-order valence-electron chi connectivity index (χ2n) is 7.02. The van der Waals surface area contributed by atoms with Gasteiger partial charge in [0.25, 0.3) is 0 Å². The molecule has 1 N–H and O–H groups in total. The van der Waals surface area contributed by atoms with Crippen LogP contribution >= 0.6 is 27.5 Å². The Morgan fingerprint density at radius 1 is 1.32 bits per heavy atom.